The van der Waals surface area contributed by atoms with Crippen molar-refractivity contribution in [2.45, 2.75) is 32.4 Å². The number of nitrogens with zero attached hydrogens (tertiary/aromatic N) is 1. The minimum atomic E-state index is -0.00765. The Balaban J connectivity index is 1.65. The number of fused-ring (bicyclic) bond motifs is 1. The Morgan fingerprint density at radius 2 is 2.04 bits per heavy atom. The fourth-order valence-corrected chi connectivity index (χ4v) is 3.37. The molecule has 2 aromatic rings. The van der Waals surface area contributed by atoms with E-state index < -0.39 is 0 Å². The van der Waals surface area contributed by atoms with Gasteiger partial charge in [0.2, 0.25) is 5.91 Å². The molecule has 1 aliphatic rings. The molecule has 0 aliphatic carbocycles. The average Bonchev–Trinajstić information content (AvgIpc) is 3.05. The van der Waals surface area contributed by atoms with Crippen molar-refractivity contribution >= 4 is 23.0 Å². The van der Waals surface area contributed by atoms with E-state index >= 15 is 0 Å². The summed E-state index contributed by atoms with van der Waals surface area (Å²) in [7, 11) is 0. The number of carbonyl (C=O) groups excluding carboxylic acids is 2. The zero-order chi connectivity index (χ0) is 16.2. The van der Waals surface area contributed by atoms with Crippen LogP contribution < -0.4 is 4.74 Å². The van der Waals surface area contributed by atoms with Crippen LogP contribution in [-0.2, 0) is 11.3 Å². The van der Waals surface area contributed by atoms with Gasteiger partial charge in [-0.2, -0.15) is 0 Å². The molecule has 3 rings (SSSR count). The predicted molar refractivity (Wildman–Crippen MR) is 89.8 cm³/mol. The Kier molecular flexibility index (Phi) is 4.76. The third kappa shape index (κ3) is 3.62. The Bertz CT molecular complexity index is 696. The molecule has 0 unspecified atom stereocenters. The standard InChI is InChI=1S/C18H19NO3S/c1-13-12-22-16-6-3-2-5-14(16)11-19(13)18(21)9-8-15(20)17-7-4-10-23-17/h2-7,10,13H,8-9,11-12H2,1H3/t13-/m0/s1. The van der Waals surface area contributed by atoms with Gasteiger partial charge in [-0.1, -0.05) is 24.3 Å². The molecule has 1 atom stereocenters. The molecule has 0 saturated carbocycles. The molecular weight excluding hydrogens is 310 g/mol. The van der Waals surface area contributed by atoms with E-state index in [1.165, 1.54) is 11.3 Å². The van der Waals surface area contributed by atoms with Gasteiger partial charge in [-0.25, -0.2) is 0 Å². The van der Waals surface area contributed by atoms with E-state index in [1.807, 2.05) is 47.5 Å². The van der Waals surface area contributed by atoms with Gasteiger partial charge in [-0.3, -0.25) is 9.59 Å². The van der Waals surface area contributed by atoms with E-state index in [0.29, 0.717) is 13.2 Å². The molecule has 0 fully saturated rings. The number of hydrogen-bond donors (Lipinski definition) is 0. The van der Waals surface area contributed by atoms with Crippen LogP contribution in [0.15, 0.2) is 41.8 Å². The van der Waals surface area contributed by atoms with Crippen molar-refractivity contribution in [3.8, 4) is 5.75 Å². The van der Waals surface area contributed by atoms with Crippen LogP contribution in [0.4, 0.5) is 0 Å². The molecule has 1 aromatic heterocycles. The van der Waals surface area contributed by atoms with Gasteiger partial charge in [0.15, 0.2) is 5.78 Å². The molecule has 1 aromatic carbocycles. The first-order valence-electron chi connectivity index (χ1n) is 7.72. The van der Waals surface area contributed by atoms with Gasteiger partial charge in [0, 0.05) is 24.9 Å². The summed E-state index contributed by atoms with van der Waals surface area (Å²) in [6.45, 7) is 2.98. The highest BCUT2D eigenvalue weighted by molar-refractivity contribution is 7.12. The van der Waals surface area contributed by atoms with Gasteiger partial charge < -0.3 is 9.64 Å². The zero-order valence-electron chi connectivity index (χ0n) is 13.0. The van der Waals surface area contributed by atoms with E-state index in [-0.39, 0.29) is 30.6 Å². The summed E-state index contributed by atoms with van der Waals surface area (Å²) in [5, 5.41) is 1.88. The van der Waals surface area contributed by atoms with Crippen molar-refractivity contribution < 1.29 is 14.3 Å². The molecule has 0 spiro atoms. The molecule has 0 N–H and O–H groups in total. The van der Waals surface area contributed by atoms with Gasteiger partial charge in [0.25, 0.3) is 0 Å². The summed E-state index contributed by atoms with van der Waals surface area (Å²) in [5.74, 6) is 0.875. The summed E-state index contributed by atoms with van der Waals surface area (Å²) in [5.41, 5.74) is 1.01. The van der Waals surface area contributed by atoms with E-state index in [4.69, 9.17) is 4.74 Å². The van der Waals surface area contributed by atoms with Crippen molar-refractivity contribution in [2.24, 2.45) is 0 Å². The number of Topliss-reactive ketones (excluding diaryl/α,β-unsaturated/α-hetero) is 1. The lowest BCUT2D eigenvalue weighted by Gasteiger charge is -2.26. The second kappa shape index (κ2) is 6.96. The summed E-state index contributed by atoms with van der Waals surface area (Å²) >= 11 is 1.42. The lowest BCUT2D eigenvalue weighted by atomic mass is 10.1. The second-order valence-corrected chi connectivity index (χ2v) is 6.64. The SMILES string of the molecule is C[C@H]1COc2ccccc2CN1C(=O)CCC(=O)c1cccs1. The van der Waals surface area contributed by atoms with Crippen LogP contribution in [0.2, 0.25) is 0 Å². The van der Waals surface area contributed by atoms with Crippen LogP contribution in [0.3, 0.4) is 0 Å². The monoisotopic (exact) mass is 329 g/mol. The van der Waals surface area contributed by atoms with Crippen molar-refractivity contribution in [1.29, 1.82) is 0 Å². The molecule has 0 bridgehead atoms. The highest BCUT2D eigenvalue weighted by Gasteiger charge is 2.25. The molecule has 120 valence electrons. The molecule has 0 radical (unpaired) electrons. The van der Waals surface area contributed by atoms with Crippen LogP contribution in [0.1, 0.15) is 35.0 Å². The summed E-state index contributed by atoms with van der Waals surface area (Å²) in [6.07, 6.45) is 0.494. The fourth-order valence-electron chi connectivity index (χ4n) is 2.67. The highest BCUT2D eigenvalue weighted by Crippen LogP contribution is 2.25. The molecule has 1 aliphatic heterocycles. The van der Waals surface area contributed by atoms with E-state index in [0.717, 1.165) is 16.2 Å². The zero-order valence-corrected chi connectivity index (χ0v) is 13.8. The van der Waals surface area contributed by atoms with Crippen molar-refractivity contribution in [2.75, 3.05) is 6.61 Å². The molecule has 4 nitrogen and oxygen atoms in total. The maximum absolute atomic E-state index is 12.6. The predicted octanol–water partition coefficient (Wildman–Crippen LogP) is 3.52. The first-order valence-corrected chi connectivity index (χ1v) is 8.60. The van der Waals surface area contributed by atoms with Crippen LogP contribution >= 0.6 is 11.3 Å². The Hall–Kier alpha value is -2.14. The molecule has 5 heteroatoms. The molecule has 2 heterocycles. The number of thiophene rings is 1. The van der Waals surface area contributed by atoms with Gasteiger partial charge in [-0.15, -0.1) is 11.3 Å². The van der Waals surface area contributed by atoms with Crippen LogP contribution in [0, 0.1) is 0 Å². The van der Waals surface area contributed by atoms with Crippen LogP contribution in [0.25, 0.3) is 0 Å². The first-order chi connectivity index (χ1) is 11.1. The molecule has 0 saturated heterocycles. The molecule has 23 heavy (non-hydrogen) atoms. The minimum absolute atomic E-state index is 0.00251. The molecular formula is C18H19NO3S. The number of carbonyl (C=O) groups is 2. The fraction of sp³-hybridized carbons (Fsp3) is 0.333. The topological polar surface area (TPSA) is 46.6 Å². The molecule has 1 amide bonds. The number of benzene rings is 1. The normalized spacial score (nSPS) is 17.1. The average molecular weight is 329 g/mol. The van der Waals surface area contributed by atoms with Crippen LogP contribution in [-0.4, -0.2) is 29.2 Å². The van der Waals surface area contributed by atoms with Crippen LogP contribution in [0.5, 0.6) is 5.75 Å². The summed E-state index contributed by atoms with van der Waals surface area (Å²) in [6, 6.07) is 11.4. The Morgan fingerprint density at radius 3 is 2.83 bits per heavy atom. The number of rotatable bonds is 4. The van der Waals surface area contributed by atoms with Crippen molar-refractivity contribution in [3.05, 3.63) is 52.2 Å². The number of ketones is 1. The lowest BCUT2D eigenvalue weighted by Crippen LogP contribution is -2.39. The number of ether oxygens (including phenoxy) is 1. The van der Waals surface area contributed by atoms with Gasteiger partial charge >= 0.3 is 0 Å². The van der Waals surface area contributed by atoms with Gasteiger partial charge in [0.1, 0.15) is 12.4 Å². The number of hydrogen-bond acceptors (Lipinski definition) is 4. The van der Waals surface area contributed by atoms with E-state index in [9.17, 15) is 9.59 Å². The van der Waals surface area contributed by atoms with E-state index in [1.54, 1.807) is 6.07 Å². The van der Waals surface area contributed by atoms with Crippen molar-refractivity contribution in [3.63, 3.8) is 0 Å². The Labute approximate surface area is 139 Å². The summed E-state index contributed by atoms with van der Waals surface area (Å²) < 4.78 is 5.77. The van der Waals surface area contributed by atoms with Gasteiger partial charge in [-0.05, 0) is 24.4 Å². The number of para-hydroxylation sites is 1. The minimum Gasteiger partial charge on any atom is -0.491 e. The first kappa shape index (κ1) is 15.7. The third-order valence-corrected chi connectivity index (χ3v) is 4.92. The quantitative estimate of drug-likeness (QED) is 0.806. The smallest absolute Gasteiger partial charge is 0.223 e. The number of amides is 1. The Morgan fingerprint density at radius 1 is 1.22 bits per heavy atom. The largest absolute Gasteiger partial charge is 0.491 e. The van der Waals surface area contributed by atoms with Crippen molar-refractivity contribution in [1.82, 2.24) is 4.90 Å². The third-order valence-electron chi connectivity index (χ3n) is 4.01. The lowest BCUT2D eigenvalue weighted by molar-refractivity contribution is -0.134. The maximum atomic E-state index is 12.6. The maximum Gasteiger partial charge on any atom is 0.223 e. The van der Waals surface area contributed by atoms with E-state index in [2.05, 4.69) is 0 Å². The van der Waals surface area contributed by atoms with Gasteiger partial charge in [0.05, 0.1) is 10.9 Å². The summed E-state index contributed by atoms with van der Waals surface area (Å²) in [4.78, 5) is 27.2. The highest BCUT2D eigenvalue weighted by atomic mass is 32.1. The second-order valence-electron chi connectivity index (χ2n) is 5.69.